The Morgan fingerprint density at radius 3 is 1.16 bits per heavy atom. The molecule has 0 saturated heterocycles. The van der Waals surface area contributed by atoms with Crippen LogP contribution in [-0.4, -0.2) is 85.0 Å². The molecular formula is C106H101N9O12. The fourth-order valence-corrected chi connectivity index (χ4v) is 13.8. The van der Waals surface area contributed by atoms with Crippen LogP contribution in [0.25, 0.3) is 65.9 Å². The van der Waals surface area contributed by atoms with E-state index in [-0.39, 0.29) is 49.2 Å². The Bertz CT molecular complexity index is 6590. The topological polar surface area (TPSA) is 278 Å². The first-order chi connectivity index (χ1) is 60.3. The number of ether oxygens (including phenoxy) is 6. The second kappa shape index (κ2) is 45.8. The number of fused-ring (bicyclic) bond motifs is 5. The van der Waals surface area contributed by atoms with Gasteiger partial charge in [-0.05, 0) is 208 Å². The van der Waals surface area contributed by atoms with Crippen LogP contribution < -0.4 is 28.4 Å². The molecule has 6 heterocycles. The van der Waals surface area contributed by atoms with E-state index < -0.39 is 17.9 Å². The maximum absolute atomic E-state index is 11.1. The predicted molar refractivity (Wildman–Crippen MR) is 501 cm³/mol. The Morgan fingerprint density at radius 1 is 0.315 bits per heavy atom. The largest absolute Gasteiger partial charge is 0.489 e. The van der Waals surface area contributed by atoms with E-state index in [1.807, 2.05) is 261 Å². The van der Waals surface area contributed by atoms with Crippen molar-refractivity contribution in [1.29, 1.82) is 0 Å². The number of para-hydroxylation sites is 4. The number of tetrazole rings is 1. The molecule has 6 aromatic heterocycles. The molecule has 0 aliphatic rings. The van der Waals surface area contributed by atoms with Crippen LogP contribution in [0.4, 0.5) is 0 Å². The van der Waals surface area contributed by atoms with Crippen LogP contribution in [0.2, 0.25) is 0 Å². The van der Waals surface area contributed by atoms with Crippen LogP contribution in [-0.2, 0) is 86.1 Å². The van der Waals surface area contributed by atoms with Gasteiger partial charge in [-0.15, -0.1) is 10.2 Å². The summed E-state index contributed by atoms with van der Waals surface area (Å²) in [6.07, 6.45) is 4.55. The molecule has 0 radical (unpaired) electrons. The summed E-state index contributed by atoms with van der Waals surface area (Å²) in [7, 11) is 0. The minimum atomic E-state index is -1.01. The van der Waals surface area contributed by atoms with Crippen molar-refractivity contribution in [3.63, 3.8) is 0 Å². The molecule has 127 heavy (non-hydrogen) atoms. The second-order valence-electron chi connectivity index (χ2n) is 29.0. The lowest BCUT2D eigenvalue weighted by molar-refractivity contribution is -0.139. The van der Waals surface area contributed by atoms with Gasteiger partial charge in [0.2, 0.25) is 5.82 Å². The van der Waals surface area contributed by atoms with Crippen molar-refractivity contribution in [3.05, 3.63) is 413 Å². The summed E-state index contributed by atoms with van der Waals surface area (Å²) in [6, 6.07) is 111. The van der Waals surface area contributed by atoms with Crippen LogP contribution in [0.1, 0.15) is 97.0 Å². The molecule has 21 heteroatoms. The standard InChI is InChI=1S/C26H20N6O.C26H23NO3.C25H21NO5.C25H21NO3.4CH4/c1-2-7-24-19(5-1)8-10-22(27-24)17-33-23-11-9-20-12-13-32(25(20)15-23)16-18-4-3-6-21(14-18)26-28-30-31-29-26;28-26(29)17-22-7-2-1-5-20(22)12-9-19-10-15-24(16-11-19)30-18-23-14-13-21-6-3-4-8-25(21)27-23;27-25(28)17-31-21-9-5-18(6-10-21)15-29-22-11-13-23(14-12-22)30-16-20-8-7-19-3-1-2-4-24(19)26-20;27-25(28)16-21-7-2-1-6-20(21)15-18-9-13-23(14-10-18)29-17-22-12-11-19-5-3-4-8-24(19)26-22;;;;/h1-15H,16-17H2,(H,28,29,30,31);1-8,10-11,13-16H,9,12,17-18H2,(H,28,29);1-14H,15-17H2,(H,27,28);1-14H,15-17H2,(H,27,28);4*1H4. The lowest BCUT2D eigenvalue weighted by Gasteiger charge is -2.10. The molecule has 18 aromatic rings. The summed E-state index contributed by atoms with van der Waals surface area (Å²) in [5, 5.41) is 46.7. The Hall–Kier alpha value is -15.9. The predicted octanol–water partition coefficient (Wildman–Crippen LogP) is 22.7. The van der Waals surface area contributed by atoms with E-state index in [2.05, 4.69) is 113 Å². The average Bonchev–Trinajstić information content (AvgIpc) is 1.67. The Kier molecular flexibility index (Phi) is 33.1. The molecule has 0 fully saturated rings. The number of nitrogens with zero attached hydrogens (tertiary/aromatic N) is 8. The number of aliphatic carboxylic acids is 3. The number of benzene rings is 12. The summed E-state index contributed by atoms with van der Waals surface area (Å²) in [5.74, 6) is 2.34. The molecule has 0 saturated carbocycles. The number of carboxylic acid groups (broad SMARTS) is 3. The first-order valence-electron chi connectivity index (χ1n) is 40.0. The fourth-order valence-electron chi connectivity index (χ4n) is 13.8. The van der Waals surface area contributed by atoms with Crippen LogP contribution in [0.15, 0.2) is 346 Å². The number of nitrogens with one attached hydrogen (secondary N) is 1. The van der Waals surface area contributed by atoms with E-state index in [9.17, 15) is 14.4 Å². The number of aryl methyl sites for hydroxylation is 2. The minimum Gasteiger partial charge on any atom is -0.489 e. The third kappa shape index (κ3) is 26.6. The van der Waals surface area contributed by atoms with Crippen molar-refractivity contribution < 1.29 is 58.1 Å². The van der Waals surface area contributed by atoms with E-state index in [1.165, 1.54) is 10.9 Å². The van der Waals surface area contributed by atoms with E-state index >= 15 is 0 Å². The van der Waals surface area contributed by atoms with Gasteiger partial charge in [0.05, 0.1) is 63.2 Å². The van der Waals surface area contributed by atoms with Crippen molar-refractivity contribution in [2.75, 3.05) is 6.61 Å². The Labute approximate surface area is 738 Å². The van der Waals surface area contributed by atoms with Crippen molar-refractivity contribution in [2.24, 2.45) is 0 Å². The number of pyridine rings is 4. The van der Waals surface area contributed by atoms with Crippen LogP contribution in [0.5, 0.6) is 34.5 Å². The molecule has 0 spiro atoms. The van der Waals surface area contributed by atoms with Gasteiger partial charge in [0.25, 0.3) is 0 Å². The van der Waals surface area contributed by atoms with Gasteiger partial charge in [-0.3, -0.25) is 9.59 Å². The zero-order valence-corrected chi connectivity index (χ0v) is 67.0. The van der Waals surface area contributed by atoms with Gasteiger partial charge < -0.3 is 48.3 Å². The molecule has 0 aliphatic heterocycles. The first-order valence-corrected chi connectivity index (χ1v) is 40.0. The third-order valence-corrected chi connectivity index (χ3v) is 20.2. The maximum Gasteiger partial charge on any atom is 0.341 e. The molecule has 0 amide bonds. The van der Waals surface area contributed by atoms with E-state index in [0.29, 0.717) is 51.0 Å². The van der Waals surface area contributed by atoms with Gasteiger partial charge in [0.1, 0.15) is 67.5 Å². The van der Waals surface area contributed by atoms with Crippen LogP contribution in [0, 0.1) is 0 Å². The number of hydrogen-bond donors (Lipinski definition) is 4. The van der Waals surface area contributed by atoms with Gasteiger partial charge in [-0.1, -0.05) is 230 Å². The van der Waals surface area contributed by atoms with Crippen LogP contribution in [0.3, 0.4) is 0 Å². The normalized spacial score (nSPS) is 10.5. The highest BCUT2D eigenvalue weighted by molar-refractivity contribution is 5.83. The summed E-state index contributed by atoms with van der Waals surface area (Å²) < 4.78 is 36.8. The van der Waals surface area contributed by atoms with Gasteiger partial charge in [-0.25, -0.2) is 24.7 Å². The number of aromatic nitrogens is 9. The summed E-state index contributed by atoms with van der Waals surface area (Å²) >= 11 is 0. The number of rotatable bonds is 30. The molecular weight excluding hydrogens is 1590 g/mol. The van der Waals surface area contributed by atoms with E-state index in [0.717, 1.165) is 165 Å². The molecule has 4 N–H and O–H groups in total. The van der Waals surface area contributed by atoms with Gasteiger partial charge in [0.15, 0.2) is 6.61 Å². The lowest BCUT2D eigenvalue weighted by atomic mass is 9.98. The molecule has 0 unspecified atom stereocenters. The number of carbonyl (C=O) groups is 3. The smallest absolute Gasteiger partial charge is 0.341 e. The van der Waals surface area contributed by atoms with Crippen LogP contribution >= 0.6 is 0 Å². The molecule has 18 rings (SSSR count). The Balaban J connectivity index is 0.000000163. The first kappa shape index (κ1) is 91.8. The fraction of sp³-hybridized carbons (Fsp3) is 0.151. The number of hydrogen-bond acceptors (Lipinski definition) is 16. The number of carboxylic acids is 3. The van der Waals surface area contributed by atoms with Crippen molar-refractivity contribution in [2.45, 2.75) is 101 Å². The van der Waals surface area contributed by atoms with Gasteiger partial charge in [-0.2, -0.15) is 5.21 Å². The van der Waals surface area contributed by atoms with Gasteiger partial charge >= 0.3 is 17.9 Å². The molecule has 12 aromatic carbocycles. The monoisotopic (exact) mass is 1690 g/mol. The summed E-state index contributed by atoms with van der Waals surface area (Å²) in [5.41, 5.74) is 17.7. The van der Waals surface area contributed by atoms with Crippen molar-refractivity contribution in [3.8, 4) is 45.9 Å². The molecule has 0 aliphatic carbocycles. The third-order valence-electron chi connectivity index (χ3n) is 20.2. The summed E-state index contributed by atoms with van der Waals surface area (Å²) in [6.45, 7) is 2.40. The zero-order chi connectivity index (χ0) is 84.3. The highest BCUT2D eigenvalue weighted by atomic mass is 16.5. The lowest BCUT2D eigenvalue weighted by Crippen LogP contribution is -2.09. The second-order valence-corrected chi connectivity index (χ2v) is 29.0. The number of aromatic amines is 1. The molecule has 642 valence electrons. The summed E-state index contributed by atoms with van der Waals surface area (Å²) in [4.78, 5) is 51.2. The SMILES string of the molecule is C.C.C.C.O=C(O)COc1ccc(COc2ccc(OCc3ccc4ccccc4n3)cc2)cc1.O=C(O)Cc1ccccc1CCc1ccc(OCc2ccc3ccccc3n2)cc1.O=C(O)Cc1ccccc1Cc1ccc(OCc2ccc3ccccc3n2)cc1.c1cc(Cn2ccc3ccc(OCc4ccc5ccccc5n4)cc32)cc(-c2nn[nH]n2)c1. The highest BCUT2D eigenvalue weighted by Crippen LogP contribution is 2.29. The molecule has 0 atom stereocenters. The quantitative estimate of drug-likeness (QED) is 0.0325. The van der Waals surface area contributed by atoms with Crippen molar-refractivity contribution >= 4 is 72.4 Å². The molecule has 0 bridgehead atoms. The van der Waals surface area contributed by atoms with E-state index in [1.54, 1.807) is 12.1 Å². The maximum atomic E-state index is 11.1. The highest BCUT2D eigenvalue weighted by Gasteiger charge is 2.14. The zero-order valence-electron chi connectivity index (χ0n) is 67.0. The average molecular weight is 1690 g/mol. The number of H-pyrrole nitrogens is 1. The van der Waals surface area contributed by atoms with E-state index in [4.69, 9.17) is 48.7 Å². The van der Waals surface area contributed by atoms with Crippen molar-refractivity contribution in [1.82, 2.24) is 45.1 Å². The van der Waals surface area contributed by atoms with Gasteiger partial charge in [0, 0.05) is 45.9 Å². The molecule has 21 nitrogen and oxygen atoms in total. The minimum absolute atomic E-state index is 0. The Morgan fingerprint density at radius 2 is 0.701 bits per heavy atom.